The minimum absolute atomic E-state index is 0.00185. The topological polar surface area (TPSA) is 59.9 Å². The molecule has 0 saturated carbocycles. The molecule has 1 heterocycles. The average molecular weight is 213 g/mol. The van der Waals surface area contributed by atoms with Crippen molar-refractivity contribution in [1.82, 2.24) is 8.75 Å². The van der Waals surface area contributed by atoms with Crippen LogP contribution < -0.4 is 0 Å². The van der Waals surface area contributed by atoms with Crippen LogP contribution in [0.1, 0.15) is 6.92 Å². The third-order valence-corrected chi connectivity index (χ3v) is 3.85. The van der Waals surface area contributed by atoms with Gasteiger partial charge in [-0.1, -0.05) is 18.5 Å². The summed E-state index contributed by atoms with van der Waals surface area (Å²) in [7, 11) is -3.28. The Bertz CT molecular complexity index is 345. The molecule has 0 saturated heterocycles. The number of halogens is 1. The summed E-state index contributed by atoms with van der Waals surface area (Å²) in [5, 5.41) is -0.136. The van der Waals surface area contributed by atoms with E-state index < -0.39 is 9.84 Å². The van der Waals surface area contributed by atoms with E-state index in [1.54, 1.807) is 0 Å². The van der Waals surface area contributed by atoms with Crippen molar-refractivity contribution >= 4 is 33.2 Å². The molecule has 0 bridgehead atoms. The summed E-state index contributed by atoms with van der Waals surface area (Å²) >= 11 is 6.26. The van der Waals surface area contributed by atoms with Crippen molar-refractivity contribution in [1.29, 1.82) is 0 Å². The first-order chi connectivity index (χ1) is 5.08. The maximum atomic E-state index is 11.1. The van der Waals surface area contributed by atoms with Crippen molar-refractivity contribution in [3.8, 4) is 0 Å². The highest BCUT2D eigenvalue weighted by molar-refractivity contribution is 7.91. The fourth-order valence-electron chi connectivity index (χ4n) is 0.492. The number of sulfone groups is 1. The maximum absolute atomic E-state index is 11.1. The Hall–Kier alpha value is -0.200. The normalized spacial score (nSPS) is 11.8. The first-order valence-corrected chi connectivity index (χ1v) is 5.55. The molecule has 1 aromatic rings. The zero-order valence-electron chi connectivity index (χ0n) is 5.61. The maximum Gasteiger partial charge on any atom is 0.207 e. The van der Waals surface area contributed by atoms with E-state index in [-0.39, 0.29) is 15.9 Å². The molecule has 0 unspecified atom stereocenters. The highest BCUT2D eigenvalue weighted by Crippen LogP contribution is 2.18. The van der Waals surface area contributed by atoms with Crippen LogP contribution in [-0.2, 0) is 9.84 Å². The van der Waals surface area contributed by atoms with E-state index in [4.69, 9.17) is 11.6 Å². The molecule has 1 rings (SSSR count). The Morgan fingerprint density at radius 2 is 2.18 bits per heavy atom. The molecule has 0 N–H and O–H groups in total. The van der Waals surface area contributed by atoms with E-state index in [2.05, 4.69) is 8.75 Å². The van der Waals surface area contributed by atoms with Crippen LogP contribution in [0, 0.1) is 0 Å². The lowest BCUT2D eigenvalue weighted by Gasteiger charge is -1.92. The molecule has 0 radical (unpaired) electrons. The lowest BCUT2D eigenvalue weighted by Crippen LogP contribution is -2.04. The highest BCUT2D eigenvalue weighted by Gasteiger charge is 2.19. The van der Waals surface area contributed by atoms with Crippen LogP contribution in [0.2, 0.25) is 5.15 Å². The van der Waals surface area contributed by atoms with Crippen LogP contribution in [0.4, 0.5) is 0 Å². The largest absolute Gasteiger partial charge is 0.222 e. The molecule has 0 aliphatic heterocycles. The predicted molar refractivity (Wildman–Crippen MR) is 42.6 cm³/mol. The Morgan fingerprint density at radius 1 is 1.55 bits per heavy atom. The Morgan fingerprint density at radius 3 is 2.55 bits per heavy atom. The molecule has 0 aliphatic carbocycles. The van der Waals surface area contributed by atoms with Gasteiger partial charge in [0.15, 0.2) is 15.0 Å². The van der Waals surface area contributed by atoms with Crippen LogP contribution in [-0.4, -0.2) is 22.9 Å². The second kappa shape index (κ2) is 3.04. The van der Waals surface area contributed by atoms with Crippen molar-refractivity contribution in [2.75, 3.05) is 5.75 Å². The number of aromatic nitrogens is 2. The summed E-state index contributed by atoms with van der Waals surface area (Å²) in [5.41, 5.74) is 0. The van der Waals surface area contributed by atoms with Crippen LogP contribution in [0.3, 0.4) is 0 Å². The zero-order valence-corrected chi connectivity index (χ0v) is 8.00. The van der Waals surface area contributed by atoms with E-state index >= 15 is 0 Å². The number of hydrogen-bond donors (Lipinski definition) is 0. The fourth-order valence-corrected chi connectivity index (χ4v) is 2.58. The molecule has 0 spiro atoms. The quantitative estimate of drug-likeness (QED) is 0.734. The van der Waals surface area contributed by atoms with Gasteiger partial charge < -0.3 is 0 Å². The molecule has 0 atom stereocenters. The summed E-state index contributed by atoms with van der Waals surface area (Å²) in [5.74, 6) is -0.00185. The molecule has 0 amide bonds. The molecule has 4 nitrogen and oxygen atoms in total. The Balaban J connectivity index is 3.22. The van der Waals surface area contributed by atoms with E-state index in [9.17, 15) is 8.42 Å². The third-order valence-electron chi connectivity index (χ3n) is 1.10. The SMILES string of the molecule is CCS(=O)(=O)c1nsnc1Cl. The second-order valence-corrected chi connectivity index (χ2v) is 4.84. The van der Waals surface area contributed by atoms with Gasteiger partial charge in [-0.2, -0.15) is 8.75 Å². The lowest BCUT2D eigenvalue weighted by atomic mass is 10.9. The van der Waals surface area contributed by atoms with Gasteiger partial charge >= 0.3 is 0 Å². The molecular formula is C4H5ClN2O2S2. The summed E-state index contributed by atoms with van der Waals surface area (Å²) in [6, 6.07) is 0. The number of nitrogens with zero attached hydrogens (tertiary/aromatic N) is 2. The van der Waals surface area contributed by atoms with E-state index in [1.807, 2.05) is 0 Å². The monoisotopic (exact) mass is 212 g/mol. The molecule has 0 aromatic carbocycles. The first-order valence-electron chi connectivity index (χ1n) is 2.78. The second-order valence-electron chi connectivity index (χ2n) is 1.76. The third kappa shape index (κ3) is 1.69. The van der Waals surface area contributed by atoms with Crippen LogP contribution in [0.25, 0.3) is 0 Å². The van der Waals surface area contributed by atoms with Crippen molar-refractivity contribution < 1.29 is 8.42 Å². The molecule has 0 aliphatic rings. The molecule has 7 heteroatoms. The van der Waals surface area contributed by atoms with Gasteiger partial charge in [0, 0.05) is 0 Å². The summed E-state index contributed by atoms with van der Waals surface area (Å²) in [6.07, 6.45) is 0. The van der Waals surface area contributed by atoms with Gasteiger partial charge in [0.25, 0.3) is 0 Å². The standard InChI is InChI=1S/C4H5ClN2O2S2/c1-2-11(8,9)4-3(5)6-10-7-4/h2H2,1H3. The van der Waals surface area contributed by atoms with Crippen molar-refractivity contribution in [2.45, 2.75) is 11.9 Å². The zero-order chi connectivity index (χ0) is 8.48. The predicted octanol–water partition coefficient (Wildman–Crippen LogP) is 0.985. The van der Waals surface area contributed by atoms with Gasteiger partial charge in [0.05, 0.1) is 17.5 Å². The van der Waals surface area contributed by atoms with E-state index in [0.717, 1.165) is 11.7 Å². The Kier molecular flexibility index (Phi) is 2.46. The van der Waals surface area contributed by atoms with Crippen LogP contribution in [0.15, 0.2) is 5.03 Å². The van der Waals surface area contributed by atoms with Gasteiger partial charge in [-0.3, -0.25) is 0 Å². The molecular weight excluding hydrogens is 208 g/mol. The van der Waals surface area contributed by atoms with Crippen LogP contribution in [0.5, 0.6) is 0 Å². The minimum atomic E-state index is -3.28. The first kappa shape index (κ1) is 8.89. The number of hydrogen-bond acceptors (Lipinski definition) is 5. The van der Waals surface area contributed by atoms with Crippen molar-refractivity contribution in [2.24, 2.45) is 0 Å². The molecule has 11 heavy (non-hydrogen) atoms. The average Bonchev–Trinajstić information content (AvgIpc) is 2.36. The van der Waals surface area contributed by atoms with Crippen molar-refractivity contribution in [3.63, 3.8) is 0 Å². The molecule has 62 valence electrons. The lowest BCUT2D eigenvalue weighted by molar-refractivity contribution is 0.595. The highest BCUT2D eigenvalue weighted by atomic mass is 35.5. The van der Waals surface area contributed by atoms with E-state index in [0.29, 0.717) is 0 Å². The summed E-state index contributed by atoms with van der Waals surface area (Å²) < 4.78 is 29.3. The number of rotatable bonds is 2. The van der Waals surface area contributed by atoms with Crippen molar-refractivity contribution in [3.05, 3.63) is 5.15 Å². The van der Waals surface area contributed by atoms with Gasteiger partial charge in [0.1, 0.15) is 0 Å². The van der Waals surface area contributed by atoms with E-state index in [1.165, 1.54) is 6.92 Å². The molecule has 0 fully saturated rings. The minimum Gasteiger partial charge on any atom is -0.222 e. The van der Waals surface area contributed by atoms with Crippen LogP contribution >= 0.6 is 23.3 Å². The summed E-state index contributed by atoms with van der Waals surface area (Å²) in [4.78, 5) is 0. The molecule has 1 aromatic heterocycles. The van der Waals surface area contributed by atoms with Gasteiger partial charge in [-0.15, -0.1) is 0 Å². The Labute approximate surface area is 73.5 Å². The smallest absolute Gasteiger partial charge is 0.207 e. The summed E-state index contributed by atoms with van der Waals surface area (Å²) in [6.45, 7) is 1.53. The van der Waals surface area contributed by atoms with Gasteiger partial charge in [-0.25, -0.2) is 8.42 Å². The fraction of sp³-hybridized carbons (Fsp3) is 0.500. The van der Waals surface area contributed by atoms with Gasteiger partial charge in [-0.05, 0) is 0 Å². The van der Waals surface area contributed by atoms with Gasteiger partial charge in [0.2, 0.25) is 5.03 Å².